The van der Waals surface area contributed by atoms with Gasteiger partial charge in [0.2, 0.25) is 5.91 Å². The van der Waals surface area contributed by atoms with E-state index in [0.717, 1.165) is 24.0 Å². The Balaban J connectivity index is 1.85. The fraction of sp³-hybridized carbons (Fsp3) is 0.529. The van der Waals surface area contributed by atoms with Crippen LogP contribution in [0.5, 0.6) is 0 Å². The molecular formula is C17H23NO4. The fourth-order valence-electron chi connectivity index (χ4n) is 2.92. The van der Waals surface area contributed by atoms with E-state index in [1.807, 2.05) is 29.2 Å². The van der Waals surface area contributed by atoms with E-state index in [0.29, 0.717) is 26.1 Å². The van der Waals surface area contributed by atoms with E-state index in [9.17, 15) is 9.59 Å². The van der Waals surface area contributed by atoms with Crippen molar-refractivity contribution in [1.29, 1.82) is 0 Å². The molecule has 1 heterocycles. The minimum absolute atomic E-state index is 0.114. The number of nitrogens with zero attached hydrogens (tertiary/aromatic N) is 1. The Hall–Kier alpha value is -1.88. The summed E-state index contributed by atoms with van der Waals surface area (Å²) in [4.78, 5) is 24.9. The first-order valence-corrected chi connectivity index (χ1v) is 7.65. The number of likely N-dealkylation sites (tertiary alicyclic amines) is 1. The van der Waals surface area contributed by atoms with Gasteiger partial charge in [-0.05, 0) is 29.9 Å². The van der Waals surface area contributed by atoms with Crippen LogP contribution in [0.2, 0.25) is 0 Å². The number of ether oxygens (including phenoxy) is 1. The smallest absolute Gasteiger partial charge is 0.303 e. The van der Waals surface area contributed by atoms with Crippen molar-refractivity contribution in [2.75, 3.05) is 20.2 Å². The average molecular weight is 305 g/mol. The molecule has 5 heteroatoms. The number of piperidine rings is 1. The molecule has 0 saturated carbocycles. The zero-order valence-corrected chi connectivity index (χ0v) is 13.0. The summed E-state index contributed by atoms with van der Waals surface area (Å²) < 4.78 is 5.10. The Labute approximate surface area is 130 Å². The van der Waals surface area contributed by atoms with Crippen molar-refractivity contribution in [3.05, 3.63) is 35.4 Å². The number of carbonyl (C=O) groups excluding carboxylic acids is 1. The standard InChI is InChI=1S/C17H23NO4/c1-22-12-15-4-2-3-14(9-15)10-16(19)18-7-5-13(6-8-18)11-17(20)21/h2-4,9,13H,5-8,10-12H2,1H3,(H,20,21). The summed E-state index contributed by atoms with van der Waals surface area (Å²) in [5, 5.41) is 8.81. The van der Waals surface area contributed by atoms with E-state index in [-0.39, 0.29) is 18.2 Å². The number of carboxylic acid groups (broad SMARTS) is 1. The Bertz CT molecular complexity index is 521. The van der Waals surface area contributed by atoms with Gasteiger partial charge >= 0.3 is 5.97 Å². The molecule has 1 saturated heterocycles. The molecular weight excluding hydrogens is 282 g/mol. The summed E-state index contributed by atoms with van der Waals surface area (Å²) in [5.41, 5.74) is 2.06. The molecule has 5 nitrogen and oxygen atoms in total. The maximum absolute atomic E-state index is 12.3. The van der Waals surface area contributed by atoms with Crippen LogP contribution in [0.4, 0.5) is 0 Å². The summed E-state index contributed by atoms with van der Waals surface area (Å²) in [6, 6.07) is 7.87. The van der Waals surface area contributed by atoms with Crippen molar-refractivity contribution in [2.24, 2.45) is 5.92 Å². The van der Waals surface area contributed by atoms with Crippen LogP contribution in [0.15, 0.2) is 24.3 Å². The molecule has 0 unspecified atom stereocenters. The van der Waals surface area contributed by atoms with Crippen molar-refractivity contribution in [3.8, 4) is 0 Å². The number of hydrogen-bond acceptors (Lipinski definition) is 3. The second-order valence-electron chi connectivity index (χ2n) is 5.85. The predicted octanol–water partition coefficient (Wildman–Crippen LogP) is 2.09. The fourth-order valence-corrected chi connectivity index (χ4v) is 2.92. The largest absolute Gasteiger partial charge is 0.481 e. The van der Waals surface area contributed by atoms with Crippen LogP contribution in [0, 0.1) is 5.92 Å². The number of hydrogen-bond donors (Lipinski definition) is 1. The van der Waals surface area contributed by atoms with Gasteiger partial charge in [-0.1, -0.05) is 24.3 Å². The van der Waals surface area contributed by atoms with Gasteiger partial charge in [0.25, 0.3) is 0 Å². The molecule has 1 aromatic rings. The molecule has 1 aliphatic heterocycles. The SMILES string of the molecule is COCc1cccc(CC(=O)N2CCC(CC(=O)O)CC2)c1. The average Bonchev–Trinajstić information content (AvgIpc) is 2.48. The number of aliphatic carboxylic acids is 1. The van der Waals surface area contributed by atoms with Gasteiger partial charge in [0.15, 0.2) is 0 Å². The lowest BCUT2D eigenvalue weighted by Crippen LogP contribution is -2.39. The van der Waals surface area contributed by atoms with Gasteiger partial charge in [0.05, 0.1) is 13.0 Å². The molecule has 2 rings (SSSR count). The van der Waals surface area contributed by atoms with Crippen LogP contribution in [0.3, 0.4) is 0 Å². The zero-order valence-electron chi connectivity index (χ0n) is 13.0. The number of carbonyl (C=O) groups is 2. The third-order valence-electron chi connectivity index (χ3n) is 4.09. The molecule has 0 atom stereocenters. The van der Waals surface area contributed by atoms with Gasteiger partial charge in [0.1, 0.15) is 0 Å². The Morgan fingerprint density at radius 3 is 2.59 bits per heavy atom. The molecule has 0 aliphatic carbocycles. The van der Waals surface area contributed by atoms with Crippen molar-refractivity contribution in [1.82, 2.24) is 4.90 Å². The molecule has 1 aromatic carbocycles. The predicted molar refractivity (Wildman–Crippen MR) is 82.4 cm³/mol. The van der Waals surface area contributed by atoms with Gasteiger partial charge < -0.3 is 14.7 Å². The first-order chi connectivity index (χ1) is 10.6. The second-order valence-corrected chi connectivity index (χ2v) is 5.85. The van der Waals surface area contributed by atoms with Crippen molar-refractivity contribution in [3.63, 3.8) is 0 Å². The van der Waals surface area contributed by atoms with E-state index >= 15 is 0 Å². The topological polar surface area (TPSA) is 66.8 Å². The third kappa shape index (κ3) is 4.84. The van der Waals surface area contributed by atoms with Gasteiger partial charge in [0, 0.05) is 26.6 Å². The van der Waals surface area contributed by atoms with Gasteiger partial charge in [-0.2, -0.15) is 0 Å². The normalized spacial score (nSPS) is 15.8. The van der Waals surface area contributed by atoms with Crippen molar-refractivity contribution in [2.45, 2.75) is 32.3 Å². The molecule has 1 N–H and O–H groups in total. The second kappa shape index (κ2) is 7.94. The number of carboxylic acids is 1. The molecule has 0 spiro atoms. The van der Waals surface area contributed by atoms with E-state index in [2.05, 4.69) is 0 Å². The lowest BCUT2D eigenvalue weighted by molar-refractivity contribution is -0.138. The van der Waals surface area contributed by atoms with Crippen molar-refractivity contribution >= 4 is 11.9 Å². The van der Waals surface area contributed by atoms with E-state index in [1.54, 1.807) is 7.11 Å². The third-order valence-corrected chi connectivity index (χ3v) is 4.09. The lowest BCUT2D eigenvalue weighted by Gasteiger charge is -2.31. The van der Waals surface area contributed by atoms with Crippen LogP contribution < -0.4 is 0 Å². The monoisotopic (exact) mass is 305 g/mol. The molecule has 0 bridgehead atoms. The summed E-state index contributed by atoms with van der Waals surface area (Å²) in [5.74, 6) is -0.436. The number of benzene rings is 1. The highest BCUT2D eigenvalue weighted by Crippen LogP contribution is 2.21. The molecule has 1 fully saturated rings. The molecule has 0 aromatic heterocycles. The molecule has 120 valence electrons. The maximum atomic E-state index is 12.3. The Morgan fingerprint density at radius 2 is 1.95 bits per heavy atom. The van der Waals surface area contributed by atoms with Crippen LogP contribution in [-0.2, 0) is 27.4 Å². The number of methoxy groups -OCH3 is 1. The first-order valence-electron chi connectivity index (χ1n) is 7.65. The van der Waals surface area contributed by atoms with Crippen molar-refractivity contribution < 1.29 is 19.4 Å². The van der Waals surface area contributed by atoms with E-state index in [4.69, 9.17) is 9.84 Å². The van der Waals surface area contributed by atoms with Gasteiger partial charge in [-0.3, -0.25) is 9.59 Å². The van der Waals surface area contributed by atoms with Crippen LogP contribution in [0.1, 0.15) is 30.4 Å². The summed E-state index contributed by atoms with van der Waals surface area (Å²) in [6.45, 7) is 1.87. The molecule has 22 heavy (non-hydrogen) atoms. The summed E-state index contributed by atoms with van der Waals surface area (Å²) in [7, 11) is 1.65. The lowest BCUT2D eigenvalue weighted by atomic mass is 9.93. The first kappa shape index (κ1) is 16.5. The van der Waals surface area contributed by atoms with Gasteiger partial charge in [-0.25, -0.2) is 0 Å². The van der Waals surface area contributed by atoms with Gasteiger partial charge in [-0.15, -0.1) is 0 Å². The molecule has 0 radical (unpaired) electrons. The zero-order chi connectivity index (χ0) is 15.9. The minimum Gasteiger partial charge on any atom is -0.481 e. The Kier molecular flexibility index (Phi) is 5.95. The van der Waals surface area contributed by atoms with Crippen LogP contribution >= 0.6 is 0 Å². The number of rotatable bonds is 6. The maximum Gasteiger partial charge on any atom is 0.303 e. The summed E-state index contributed by atoms with van der Waals surface area (Å²) >= 11 is 0. The summed E-state index contributed by atoms with van der Waals surface area (Å²) in [6.07, 6.45) is 2.16. The highest BCUT2D eigenvalue weighted by atomic mass is 16.5. The van der Waals surface area contributed by atoms with E-state index in [1.165, 1.54) is 0 Å². The Morgan fingerprint density at radius 1 is 1.27 bits per heavy atom. The highest BCUT2D eigenvalue weighted by Gasteiger charge is 2.24. The number of amides is 1. The van der Waals surface area contributed by atoms with Crippen LogP contribution in [0.25, 0.3) is 0 Å². The highest BCUT2D eigenvalue weighted by molar-refractivity contribution is 5.79. The molecule has 1 amide bonds. The molecule has 1 aliphatic rings. The van der Waals surface area contributed by atoms with Crippen LogP contribution in [-0.4, -0.2) is 42.1 Å². The minimum atomic E-state index is -0.750. The van der Waals surface area contributed by atoms with E-state index < -0.39 is 5.97 Å². The quantitative estimate of drug-likeness (QED) is 0.874.